The van der Waals surface area contributed by atoms with Gasteiger partial charge in [-0.15, -0.1) is 0 Å². The fourth-order valence-electron chi connectivity index (χ4n) is 1.77. The Morgan fingerprint density at radius 1 is 1.53 bits per heavy atom. The zero-order chi connectivity index (χ0) is 10.3. The van der Waals surface area contributed by atoms with Gasteiger partial charge in [0.05, 0.1) is 0 Å². The lowest BCUT2D eigenvalue weighted by Gasteiger charge is -1.99. The number of hydrogen-bond donors (Lipinski definition) is 1. The Kier molecular flexibility index (Phi) is 2.02. The number of aromatic nitrogens is 1. The van der Waals surface area contributed by atoms with E-state index < -0.39 is 0 Å². The Labute approximate surface area is 92.1 Å². The third-order valence-electron chi connectivity index (χ3n) is 2.72. The van der Waals surface area contributed by atoms with Crippen molar-refractivity contribution >= 4 is 17.0 Å². The first-order chi connectivity index (χ1) is 7.40. The molecule has 0 aliphatic heterocycles. The summed E-state index contributed by atoms with van der Waals surface area (Å²) in [4.78, 5) is 0. The number of nitrogens with one attached hydrogen (secondary N) is 1. The first-order valence-corrected chi connectivity index (χ1v) is 6.04. The summed E-state index contributed by atoms with van der Waals surface area (Å²) in [5.74, 6) is 1.49. The van der Waals surface area contributed by atoms with E-state index in [4.69, 9.17) is 4.52 Å². The van der Waals surface area contributed by atoms with Crippen LogP contribution in [0.5, 0.6) is 0 Å². The van der Waals surface area contributed by atoms with Crippen LogP contribution in [0.25, 0.3) is 11.3 Å². The van der Waals surface area contributed by atoms with Crippen LogP contribution in [-0.2, 0) is 0 Å². The molecule has 1 N–H and O–H groups in total. The monoisotopic (exact) mass is 220 g/mol. The molecular weight excluding hydrogens is 208 g/mol. The summed E-state index contributed by atoms with van der Waals surface area (Å²) in [5.41, 5.74) is 3.28. The highest BCUT2D eigenvalue weighted by atomic mass is 32.1. The van der Waals surface area contributed by atoms with Crippen molar-refractivity contribution < 1.29 is 4.52 Å². The highest BCUT2D eigenvalue weighted by Gasteiger charge is 2.31. The summed E-state index contributed by atoms with van der Waals surface area (Å²) in [6.45, 7) is 0. The third kappa shape index (κ3) is 1.45. The minimum absolute atomic E-state index is 0.614. The molecule has 2 heterocycles. The topological polar surface area (TPSA) is 38.1 Å². The predicted octanol–water partition coefficient (Wildman–Crippen LogP) is 3.32. The summed E-state index contributed by atoms with van der Waals surface area (Å²) in [5, 5.41) is 11.5. The van der Waals surface area contributed by atoms with Crippen molar-refractivity contribution in [2.24, 2.45) is 0 Å². The van der Waals surface area contributed by atoms with Gasteiger partial charge in [0.2, 0.25) is 0 Å². The molecule has 0 saturated heterocycles. The highest BCUT2D eigenvalue weighted by Crippen LogP contribution is 2.45. The quantitative estimate of drug-likeness (QED) is 0.862. The van der Waals surface area contributed by atoms with E-state index in [9.17, 15) is 0 Å². The second-order valence-electron chi connectivity index (χ2n) is 3.81. The second-order valence-corrected chi connectivity index (χ2v) is 4.59. The Hall–Kier alpha value is -1.29. The first-order valence-electron chi connectivity index (χ1n) is 5.10. The molecule has 15 heavy (non-hydrogen) atoms. The third-order valence-corrected chi connectivity index (χ3v) is 3.40. The van der Waals surface area contributed by atoms with Gasteiger partial charge in [0.15, 0.2) is 5.76 Å². The van der Waals surface area contributed by atoms with Crippen LogP contribution in [0.4, 0.5) is 5.69 Å². The predicted molar refractivity (Wildman–Crippen MR) is 61.3 cm³/mol. The average molecular weight is 220 g/mol. The van der Waals surface area contributed by atoms with E-state index in [1.54, 1.807) is 11.3 Å². The fraction of sp³-hybridized carbons (Fsp3) is 0.364. The second kappa shape index (κ2) is 3.38. The van der Waals surface area contributed by atoms with E-state index in [0.717, 1.165) is 22.7 Å². The summed E-state index contributed by atoms with van der Waals surface area (Å²) >= 11 is 1.67. The Balaban J connectivity index is 2.07. The van der Waals surface area contributed by atoms with Gasteiger partial charge in [-0.05, 0) is 24.3 Å². The normalized spacial score (nSPS) is 15.5. The number of anilines is 1. The van der Waals surface area contributed by atoms with Gasteiger partial charge in [-0.25, -0.2) is 0 Å². The molecule has 0 unspecified atom stereocenters. The van der Waals surface area contributed by atoms with Gasteiger partial charge in [0, 0.05) is 23.9 Å². The zero-order valence-electron chi connectivity index (χ0n) is 8.49. The van der Waals surface area contributed by atoms with Crippen LogP contribution in [0, 0.1) is 0 Å². The van der Waals surface area contributed by atoms with Crippen molar-refractivity contribution in [1.82, 2.24) is 5.16 Å². The molecule has 2 aromatic rings. The molecule has 1 fully saturated rings. The molecule has 3 nitrogen and oxygen atoms in total. The van der Waals surface area contributed by atoms with E-state index in [1.165, 1.54) is 12.8 Å². The number of nitrogens with zero attached hydrogens (tertiary/aromatic N) is 1. The van der Waals surface area contributed by atoms with Crippen LogP contribution < -0.4 is 5.32 Å². The molecule has 78 valence electrons. The molecule has 3 rings (SSSR count). The van der Waals surface area contributed by atoms with Crippen molar-refractivity contribution in [2.45, 2.75) is 18.8 Å². The number of rotatable bonds is 3. The summed E-state index contributed by atoms with van der Waals surface area (Å²) in [7, 11) is 1.92. The largest absolute Gasteiger partial charge is 0.383 e. The van der Waals surface area contributed by atoms with E-state index in [0.29, 0.717) is 5.92 Å². The van der Waals surface area contributed by atoms with Crippen LogP contribution in [0.2, 0.25) is 0 Å². The molecule has 0 aromatic carbocycles. The Morgan fingerprint density at radius 3 is 3.00 bits per heavy atom. The van der Waals surface area contributed by atoms with Gasteiger partial charge in [0.1, 0.15) is 11.4 Å². The summed E-state index contributed by atoms with van der Waals surface area (Å²) in [6, 6.07) is 2.06. The number of thiophene rings is 1. The van der Waals surface area contributed by atoms with E-state index in [2.05, 4.69) is 21.9 Å². The first kappa shape index (κ1) is 8.97. The van der Waals surface area contributed by atoms with Crippen molar-refractivity contribution in [2.75, 3.05) is 12.4 Å². The van der Waals surface area contributed by atoms with Crippen LogP contribution >= 0.6 is 11.3 Å². The Morgan fingerprint density at radius 2 is 2.40 bits per heavy atom. The van der Waals surface area contributed by atoms with E-state index >= 15 is 0 Å². The molecular formula is C11H12N2OS. The minimum Gasteiger partial charge on any atom is -0.383 e. The maximum absolute atomic E-state index is 5.43. The minimum atomic E-state index is 0.614. The van der Waals surface area contributed by atoms with Crippen molar-refractivity contribution in [3.8, 4) is 11.3 Å². The smallest absolute Gasteiger partial charge is 0.191 e. The maximum Gasteiger partial charge on any atom is 0.191 e. The number of hydrogen-bond acceptors (Lipinski definition) is 4. The molecule has 0 atom stereocenters. The molecule has 1 saturated carbocycles. The van der Waals surface area contributed by atoms with Gasteiger partial charge >= 0.3 is 0 Å². The van der Waals surface area contributed by atoms with Crippen LogP contribution in [0.1, 0.15) is 24.5 Å². The molecule has 2 aromatic heterocycles. The molecule has 0 bridgehead atoms. The maximum atomic E-state index is 5.43. The van der Waals surface area contributed by atoms with Crippen molar-refractivity contribution in [3.63, 3.8) is 0 Å². The van der Waals surface area contributed by atoms with Gasteiger partial charge < -0.3 is 9.84 Å². The van der Waals surface area contributed by atoms with E-state index in [-0.39, 0.29) is 0 Å². The lowest BCUT2D eigenvalue weighted by atomic mass is 10.1. The van der Waals surface area contributed by atoms with Gasteiger partial charge in [-0.1, -0.05) is 5.16 Å². The van der Waals surface area contributed by atoms with Gasteiger partial charge in [0.25, 0.3) is 0 Å². The summed E-state index contributed by atoms with van der Waals surface area (Å²) in [6.07, 6.45) is 2.48. The Bertz CT molecular complexity index is 457. The molecule has 1 aliphatic carbocycles. The lowest BCUT2D eigenvalue weighted by molar-refractivity contribution is 0.424. The SMILES string of the molecule is CNc1c(C2CC2)noc1-c1ccsc1. The molecule has 0 spiro atoms. The average Bonchev–Trinajstić information content (AvgIpc) is 2.83. The molecule has 1 aliphatic rings. The lowest BCUT2D eigenvalue weighted by Crippen LogP contribution is -1.92. The van der Waals surface area contributed by atoms with Crippen LogP contribution in [0.3, 0.4) is 0 Å². The van der Waals surface area contributed by atoms with Gasteiger partial charge in [-0.2, -0.15) is 11.3 Å². The molecule has 0 amide bonds. The van der Waals surface area contributed by atoms with Crippen molar-refractivity contribution in [1.29, 1.82) is 0 Å². The zero-order valence-corrected chi connectivity index (χ0v) is 9.30. The van der Waals surface area contributed by atoms with Crippen LogP contribution in [-0.4, -0.2) is 12.2 Å². The fourth-order valence-corrected chi connectivity index (χ4v) is 2.41. The standard InChI is InChI=1S/C11H12N2OS/c1-12-10-9(7-2-3-7)13-14-11(10)8-4-5-15-6-8/h4-7,12H,2-3H2,1H3. The molecule has 0 radical (unpaired) electrons. The van der Waals surface area contributed by atoms with Crippen molar-refractivity contribution in [3.05, 3.63) is 22.5 Å². The van der Waals surface area contributed by atoms with Crippen LogP contribution in [0.15, 0.2) is 21.3 Å². The highest BCUT2D eigenvalue weighted by molar-refractivity contribution is 7.08. The summed E-state index contributed by atoms with van der Waals surface area (Å²) < 4.78 is 5.43. The molecule has 4 heteroatoms. The van der Waals surface area contributed by atoms with Gasteiger partial charge in [-0.3, -0.25) is 0 Å². The van der Waals surface area contributed by atoms with E-state index in [1.807, 2.05) is 12.4 Å².